The third-order valence-corrected chi connectivity index (χ3v) is 2.86. The number of nitrogens with one attached hydrogen (secondary N) is 1. The lowest BCUT2D eigenvalue weighted by Gasteiger charge is -2.17. The molecule has 2 N–H and O–H groups in total. The van der Waals surface area contributed by atoms with Gasteiger partial charge in [0, 0.05) is 11.1 Å². The predicted octanol–water partition coefficient (Wildman–Crippen LogP) is 2.93. The first-order valence-electron chi connectivity index (χ1n) is 6.33. The van der Waals surface area contributed by atoms with E-state index in [9.17, 15) is 9.59 Å². The molecule has 0 fully saturated rings. The van der Waals surface area contributed by atoms with Crippen molar-refractivity contribution in [3.05, 3.63) is 29.8 Å². The lowest BCUT2D eigenvalue weighted by atomic mass is 9.95. The second kappa shape index (κ2) is 5.87. The van der Waals surface area contributed by atoms with Crippen LogP contribution < -0.4 is 5.32 Å². The molecular weight excluding hydrogens is 242 g/mol. The molecule has 4 heteroatoms. The highest BCUT2D eigenvalue weighted by atomic mass is 16.4. The monoisotopic (exact) mass is 263 g/mol. The molecule has 1 amide bonds. The molecule has 19 heavy (non-hydrogen) atoms. The minimum Gasteiger partial charge on any atom is -0.481 e. The third kappa shape index (κ3) is 4.73. The van der Waals surface area contributed by atoms with Crippen molar-refractivity contribution < 1.29 is 14.7 Å². The summed E-state index contributed by atoms with van der Waals surface area (Å²) in [6, 6.07) is 7.29. The van der Waals surface area contributed by atoms with E-state index in [1.54, 1.807) is 19.1 Å². The minimum atomic E-state index is -0.801. The summed E-state index contributed by atoms with van der Waals surface area (Å²) in [5.74, 6) is -1.25. The lowest BCUT2D eigenvalue weighted by Crippen LogP contribution is -2.27. The Morgan fingerprint density at radius 1 is 1.21 bits per heavy atom. The van der Waals surface area contributed by atoms with E-state index in [0.717, 1.165) is 11.3 Å². The number of hydrogen-bond acceptors (Lipinski definition) is 2. The third-order valence-electron chi connectivity index (χ3n) is 2.86. The van der Waals surface area contributed by atoms with Crippen LogP contribution in [-0.2, 0) is 16.0 Å². The van der Waals surface area contributed by atoms with Crippen LogP contribution in [0.2, 0.25) is 0 Å². The number of carbonyl (C=O) groups excluding carboxylic acids is 1. The van der Waals surface area contributed by atoms with Crippen LogP contribution in [0.5, 0.6) is 0 Å². The Labute approximate surface area is 113 Å². The van der Waals surface area contributed by atoms with Crippen molar-refractivity contribution in [2.75, 3.05) is 5.32 Å². The van der Waals surface area contributed by atoms with Crippen molar-refractivity contribution in [3.63, 3.8) is 0 Å². The molecule has 1 aromatic rings. The fourth-order valence-corrected chi connectivity index (χ4v) is 1.48. The molecule has 0 saturated carbocycles. The summed E-state index contributed by atoms with van der Waals surface area (Å²) in [6.07, 6.45) is 0.489. The maximum absolute atomic E-state index is 11.8. The summed E-state index contributed by atoms with van der Waals surface area (Å²) in [5, 5.41) is 11.7. The number of hydrogen-bond donors (Lipinski definition) is 2. The van der Waals surface area contributed by atoms with Gasteiger partial charge in [-0.3, -0.25) is 9.59 Å². The number of rotatable bonds is 4. The van der Waals surface area contributed by atoms with E-state index >= 15 is 0 Å². The summed E-state index contributed by atoms with van der Waals surface area (Å²) >= 11 is 0. The zero-order valence-corrected chi connectivity index (χ0v) is 11.9. The van der Waals surface area contributed by atoms with Gasteiger partial charge in [-0.25, -0.2) is 0 Å². The summed E-state index contributed by atoms with van der Waals surface area (Å²) in [5.41, 5.74) is 1.24. The standard InChI is InChI=1S/C15H21NO3/c1-10(13(17)18)9-11-5-7-12(8-6-11)16-14(19)15(2,3)4/h5-8,10H,9H2,1-4H3,(H,16,19)(H,17,18). The summed E-state index contributed by atoms with van der Waals surface area (Å²) in [6.45, 7) is 7.24. The average molecular weight is 263 g/mol. The Hall–Kier alpha value is -1.84. The molecule has 0 heterocycles. The van der Waals surface area contributed by atoms with Gasteiger partial charge in [0.05, 0.1) is 5.92 Å². The van der Waals surface area contributed by atoms with E-state index in [4.69, 9.17) is 5.11 Å². The fourth-order valence-electron chi connectivity index (χ4n) is 1.48. The van der Waals surface area contributed by atoms with E-state index in [1.165, 1.54) is 0 Å². The van der Waals surface area contributed by atoms with Gasteiger partial charge in [-0.2, -0.15) is 0 Å². The minimum absolute atomic E-state index is 0.0424. The van der Waals surface area contributed by atoms with Crippen LogP contribution in [0, 0.1) is 11.3 Å². The summed E-state index contributed by atoms with van der Waals surface area (Å²) < 4.78 is 0. The number of benzene rings is 1. The molecule has 1 rings (SSSR count). The van der Waals surface area contributed by atoms with Gasteiger partial charge in [-0.1, -0.05) is 39.8 Å². The molecule has 0 radical (unpaired) electrons. The molecule has 0 aliphatic carbocycles. The zero-order valence-electron chi connectivity index (χ0n) is 11.9. The molecule has 1 unspecified atom stereocenters. The Kier molecular flexibility index (Phi) is 4.70. The molecule has 104 valence electrons. The predicted molar refractivity (Wildman–Crippen MR) is 75.0 cm³/mol. The SMILES string of the molecule is CC(Cc1ccc(NC(=O)C(C)(C)C)cc1)C(=O)O. The first-order valence-corrected chi connectivity index (χ1v) is 6.33. The molecule has 0 aliphatic heterocycles. The number of carbonyl (C=O) groups is 2. The van der Waals surface area contributed by atoms with Crippen molar-refractivity contribution in [2.45, 2.75) is 34.1 Å². The molecule has 0 spiro atoms. The lowest BCUT2D eigenvalue weighted by molar-refractivity contribution is -0.141. The van der Waals surface area contributed by atoms with Gasteiger partial charge in [0.15, 0.2) is 0 Å². The van der Waals surface area contributed by atoms with E-state index < -0.39 is 17.3 Å². The number of carboxylic acids is 1. The van der Waals surface area contributed by atoms with Crippen molar-refractivity contribution >= 4 is 17.6 Å². The van der Waals surface area contributed by atoms with Crippen LogP contribution in [0.4, 0.5) is 5.69 Å². The van der Waals surface area contributed by atoms with E-state index in [1.807, 2.05) is 32.9 Å². The average Bonchev–Trinajstić information content (AvgIpc) is 2.30. The van der Waals surface area contributed by atoms with Crippen molar-refractivity contribution in [1.29, 1.82) is 0 Å². The summed E-state index contributed by atoms with van der Waals surface area (Å²) in [7, 11) is 0. The number of amides is 1. The molecular formula is C15H21NO3. The maximum atomic E-state index is 11.8. The van der Waals surface area contributed by atoms with Gasteiger partial charge < -0.3 is 10.4 Å². The number of aliphatic carboxylic acids is 1. The highest BCUT2D eigenvalue weighted by molar-refractivity contribution is 5.94. The number of carboxylic acid groups (broad SMARTS) is 1. The van der Waals surface area contributed by atoms with E-state index in [0.29, 0.717) is 6.42 Å². The van der Waals surface area contributed by atoms with Gasteiger partial charge in [0.2, 0.25) is 5.91 Å². The van der Waals surface area contributed by atoms with Crippen molar-refractivity contribution in [3.8, 4) is 0 Å². The molecule has 1 aromatic carbocycles. The van der Waals surface area contributed by atoms with Crippen LogP contribution >= 0.6 is 0 Å². The first-order chi connectivity index (χ1) is 8.70. The van der Waals surface area contributed by atoms with E-state index in [-0.39, 0.29) is 5.91 Å². The Morgan fingerprint density at radius 3 is 2.16 bits per heavy atom. The van der Waals surface area contributed by atoms with Crippen LogP contribution in [0.1, 0.15) is 33.3 Å². The zero-order chi connectivity index (χ0) is 14.6. The first kappa shape index (κ1) is 15.2. The molecule has 4 nitrogen and oxygen atoms in total. The molecule has 1 atom stereocenters. The Morgan fingerprint density at radius 2 is 1.74 bits per heavy atom. The van der Waals surface area contributed by atoms with Gasteiger partial charge in [0.25, 0.3) is 0 Å². The van der Waals surface area contributed by atoms with Gasteiger partial charge >= 0.3 is 5.97 Å². The van der Waals surface area contributed by atoms with Crippen LogP contribution in [0.3, 0.4) is 0 Å². The van der Waals surface area contributed by atoms with Gasteiger partial charge in [-0.05, 0) is 24.1 Å². The van der Waals surface area contributed by atoms with Crippen LogP contribution in [0.15, 0.2) is 24.3 Å². The fraction of sp³-hybridized carbons (Fsp3) is 0.467. The molecule has 0 aromatic heterocycles. The Balaban J connectivity index is 2.67. The second-order valence-electron chi connectivity index (χ2n) is 5.84. The van der Waals surface area contributed by atoms with Gasteiger partial charge in [-0.15, -0.1) is 0 Å². The molecule has 0 saturated heterocycles. The summed E-state index contributed by atoms with van der Waals surface area (Å²) in [4.78, 5) is 22.6. The largest absolute Gasteiger partial charge is 0.481 e. The molecule has 0 aliphatic rings. The van der Waals surface area contributed by atoms with Crippen molar-refractivity contribution in [1.82, 2.24) is 0 Å². The normalized spacial score (nSPS) is 12.8. The smallest absolute Gasteiger partial charge is 0.306 e. The highest BCUT2D eigenvalue weighted by Crippen LogP contribution is 2.18. The van der Waals surface area contributed by atoms with Crippen molar-refractivity contribution in [2.24, 2.45) is 11.3 Å². The van der Waals surface area contributed by atoms with Crippen LogP contribution in [0.25, 0.3) is 0 Å². The quantitative estimate of drug-likeness (QED) is 0.877. The highest BCUT2D eigenvalue weighted by Gasteiger charge is 2.21. The van der Waals surface area contributed by atoms with E-state index in [2.05, 4.69) is 5.32 Å². The van der Waals surface area contributed by atoms with Gasteiger partial charge in [0.1, 0.15) is 0 Å². The topological polar surface area (TPSA) is 66.4 Å². The second-order valence-corrected chi connectivity index (χ2v) is 5.84. The maximum Gasteiger partial charge on any atom is 0.306 e. The number of anilines is 1. The Bertz CT molecular complexity index is 457. The van der Waals surface area contributed by atoms with Crippen LogP contribution in [-0.4, -0.2) is 17.0 Å². The molecule has 0 bridgehead atoms.